The van der Waals surface area contributed by atoms with Crippen molar-refractivity contribution in [3.8, 4) is 0 Å². The molecule has 2 N–H and O–H groups in total. The van der Waals surface area contributed by atoms with Crippen LogP contribution in [0.15, 0.2) is 18.2 Å². The fourth-order valence-electron chi connectivity index (χ4n) is 3.18. The van der Waals surface area contributed by atoms with Crippen molar-refractivity contribution in [1.82, 2.24) is 0 Å². The van der Waals surface area contributed by atoms with Crippen LogP contribution in [-0.2, 0) is 6.42 Å². The number of nitrogens with zero attached hydrogens (tertiary/aromatic N) is 1. The van der Waals surface area contributed by atoms with E-state index in [-0.39, 0.29) is 0 Å². The minimum absolute atomic E-state index is 0.417. The van der Waals surface area contributed by atoms with Gasteiger partial charge in [-0.2, -0.15) is 0 Å². The number of halogens is 1. The number of rotatable bonds is 3. The van der Waals surface area contributed by atoms with E-state index in [4.69, 9.17) is 17.3 Å². The van der Waals surface area contributed by atoms with Crippen molar-refractivity contribution in [1.29, 1.82) is 0 Å². The van der Waals surface area contributed by atoms with E-state index >= 15 is 0 Å². The zero-order chi connectivity index (χ0) is 14.8. The summed E-state index contributed by atoms with van der Waals surface area (Å²) < 4.78 is 0. The van der Waals surface area contributed by atoms with Crippen LogP contribution in [0.25, 0.3) is 0 Å². The van der Waals surface area contributed by atoms with Crippen LogP contribution in [0.4, 0.5) is 5.69 Å². The largest absolute Gasteiger partial charge is 0.371 e. The zero-order valence-corrected chi connectivity index (χ0v) is 13.7. The van der Waals surface area contributed by atoms with Gasteiger partial charge in [0.2, 0.25) is 0 Å². The lowest BCUT2D eigenvalue weighted by Crippen LogP contribution is -2.38. The van der Waals surface area contributed by atoms with Crippen LogP contribution >= 0.6 is 11.6 Å². The average Bonchev–Trinajstić information content (AvgIpc) is 2.40. The number of piperidine rings is 1. The lowest BCUT2D eigenvalue weighted by Gasteiger charge is -2.40. The molecule has 0 aliphatic carbocycles. The quantitative estimate of drug-likeness (QED) is 0.909. The summed E-state index contributed by atoms with van der Waals surface area (Å²) in [6, 6.07) is 6.20. The third kappa shape index (κ3) is 3.67. The average molecular weight is 295 g/mol. The second kappa shape index (κ2) is 6.36. The van der Waals surface area contributed by atoms with E-state index < -0.39 is 0 Å². The molecule has 0 atom stereocenters. The van der Waals surface area contributed by atoms with Crippen molar-refractivity contribution in [2.24, 2.45) is 17.1 Å². The van der Waals surface area contributed by atoms with Gasteiger partial charge >= 0.3 is 0 Å². The third-order valence-corrected chi connectivity index (χ3v) is 4.76. The summed E-state index contributed by atoms with van der Waals surface area (Å²) in [5.41, 5.74) is 8.75. The molecule has 1 fully saturated rings. The maximum absolute atomic E-state index is 6.18. The van der Waals surface area contributed by atoms with Crippen molar-refractivity contribution in [2.45, 2.75) is 40.0 Å². The molecule has 0 unspecified atom stereocenters. The number of benzene rings is 1. The molecule has 112 valence electrons. The van der Waals surface area contributed by atoms with Gasteiger partial charge in [0, 0.05) is 23.8 Å². The molecule has 1 aliphatic rings. The maximum Gasteiger partial charge on any atom is 0.0426 e. The van der Waals surface area contributed by atoms with Gasteiger partial charge < -0.3 is 10.6 Å². The van der Waals surface area contributed by atoms with Gasteiger partial charge in [-0.25, -0.2) is 0 Å². The van der Waals surface area contributed by atoms with Crippen molar-refractivity contribution < 1.29 is 0 Å². The first-order valence-electron chi connectivity index (χ1n) is 7.65. The molecule has 0 amide bonds. The highest BCUT2D eigenvalue weighted by Gasteiger charge is 2.29. The standard InChI is InChI=1S/C17H27ClN2/c1-17(2,3)14-7-10-20(11-8-14)16-12-15(18)5-4-13(16)6-9-19/h4-5,12,14H,6-11,19H2,1-3H3. The van der Waals surface area contributed by atoms with Gasteiger partial charge in [-0.3, -0.25) is 0 Å². The topological polar surface area (TPSA) is 29.3 Å². The van der Waals surface area contributed by atoms with Crippen LogP contribution in [0.1, 0.15) is 39.2 Å². The van der Waals surface area contributed by atoms with E-state index in [1.165, 1.54) is 24.1 Å². The smallest absolute Gasteiger partial charge is 0.0426 e. The second-order valence-corrected chi connectivity index (χ2v) is 7.38. The molecule has 0 aromatic heterocycles. The van der Waals surface area contributed by atoms with Crippen LogP contribution in [0.3, 0.4) is 0 Å². The van der Waals surface area contributed by atoms with E-state index in [9.17, 15) is 0 Å². The Kier molecular flexibility index (Phi) is 4.98. The molecule has 1 aliphatic heterocycles. The summed E-state index contributed by atoms with van der Waals surface area (Å²) in [4.78, 5) is 2.49. The Morgan fingerprint density at radius 2 is 1.90 bits per heavy atom. The predicted octanol–water partition coefficient (Wildman–Crippen LogP) is 4.10. The van der Waals surface area contributed by atoms with E-state index in [0.29, 0.717) is 12.0 Å². The molecular formula is C17H27ClN2. The van der Waals surface area contributed by atoms with Crippen LogP contribution in [0.2, 0.25) is 5.02 Å². The summed E-state index contributed by atoms with van der Waals surface area (Å²) in [5.74, 6) is 0.816. The Balaban J connectivity index is 2.12. The third-order valence-electron chi connectivity index (χ3n) is 4.52. The Bertz CT molecular complexity index is 443. The predicted molar refractivity (Wildman–Crippen MR) is 88.6 cm³/mol. The molecule has 3 heteroatoms. The van der Waals surface area contributed by atoms with Gasteiger partial charge in [0.05, 0.1) is 0 Å². The minimum Gasteiger partial charge on any atom is -0.371 e. The lowest BCUT2D eigenvalue weighted by molar-refractivity contribution is 0.199. The first kappa shape index (κ1) is 15.7. The molecule has 0 radical (unpaired) electrons. The van der Waals surface area contributed by atoms with Crippen molar-refractivity contribution in [3.05, 3.63) is 28.8 Å². The van der Waals surface area contributed by atoms with E-state index in [0.717, 1.165) is 30.5 Å². The summed E-state index contributed by atoms with van der Waals surface area (Å²) in [7, 11) is 0. The van der Waals surface area contributed by atoms with Gasteiger partial charge in [-0.15, -0.1) is 0 Å². The monoisotopic (exact) mass is 294 g/mol. The fraction of sp³-hybridized carbons (Fsp3) is 0.647. The molecule has 20 heavy (non-hydrogen) atoms. The van der Waals surface area contributed by atoms with E-state index in [1.54, 1.807) is 0 Å². The second-order valence-electron chi connectivity index (χ2n) is 6.94. The van der Waals surface area contributed by atoms with Crippen molar-refractivity contribution in [3.63, 3.8) is 0 Å². The van der Waals surface area contributed by atoms with Crippen LogP contribution < -0.4 is 10.6 Å². The van der Waals surface area contributed by atoms with Crippen molar-refractivity contribution in [2.75, 3.05) is 24.5 Å². The van der Waals surface area contributed by atoms with Crippen LogP contribution in [0, 0.1) is 11.3 Å². The first-order chi connectivity index (χ1) is 9.41. The molecule has 0 spiro atoms. The Labute approximate surface area is 128 Å². The molecule has 0 saturated carbocycles. The van der Waals surface area contributed by atoms with E-state index in [2.05, 4.69) is 37.8 Å². The number of hydrogen-bond donors (Lipinski definition) is 1. The Morgan fingerprint density at radius 3 is 2.45 bits per heavy atom. The highest BCUT2D eigenvalue weighted by molar-refractivity contribution is 6.30. The van der Waals surface area contributed by atoms with Gasteiger partial charge in [-0.05, 0) is 54.8 Å². The van der Waals surface area contributed by atoms with E-state index in [1.807, 2.05) is 6.07 Å². The molecule has 1 aromatic rings. The fourth-order valence-corrected chi connectivity index (χ4v) is 3.35. The van der Waals surface area contributed by atoms with Crippen LogP contribution in [0.5, 0.6) is 0 Å². The molecule has 1 heterocycles. The molecule has 2 rings (SSSR count). The zero-order valence-electron chi connectivity index (χ0n) is 13.0. The summed E-state index contributed by atoms with van der Waals surface area (Å²) in [6.45, 7) is 10.00. The maximum atomic E-state index is 6.18. The Morgan fingerprint density at radius 1 is 1.25 bits per heavy atom. The number of nitrogens with two attached hydrogens (primary N) is 1. The van der Waals surface area contributed by atoms with Gasteiger partial charge in [0.1, 0.15) is 0 Å². The molecule has 2 nitrogen and oxygen atoms in total. The van der Waals surface area contributed by atoms with Crippen molar-refractivity contribution >= 4 is 17.3 Å². The highest BCUT2D eigenvalue weighted by atomic mass is 35.5. The summed E-state index contributed by atoms with van der Waals surface area (Å²) >= 11 is 6.18. The lowest BCUT2D eigenvalue weighted by atomic mass is 9.75. The molecule has 1 aromatic carbocycles. The van der Waals surface area contributed by atoms with Gasteiger partial charge in [0.15, 0.2) is 0 Å². The Hall–Kier alpha value is -0.730. The molecule has 1 saturated heterocycles. The first-order valence-corrected chi connectivity index (χ1v) is 8.03. The SMILES string of the molecule is CC(C)(C)C1CCN(c2cc(Cl)ccc2CCN)CC1. The number of anilines is 1. The normalized spacial score (nSPS) is 17.6. The molecular weight excluding hydrogens is 268 g/mol. The molecule has 0 bridgehead atoms. The highest BCUT2D eigenvalue weighted by Crippen LogP contribution is 2.36. The minimum atomic E-state index is 0.417. The summed E-state index contributed by atoms with van der Waals surface area (Å²) in [5, 5.41) is 0.818. The van der Waals surface area contributed by atoms with Crippen LogP contribution in [-0.4, -0.2) is 19.6 Å². The van der Waals surface area contributed by atoms with Gasteiger partial charge in [-0.1, -0.05) is 38.4 Å². The summed E-state index contributed by atoms with van der Waals surface area (Å²) in [6.07, 6.45) is 3.45. The number of hydrogen-bond acceptors (Lipinski definition) is 2. The van der Waals surface area contributed by atoms with Gasteiger partial charge in [0.25, 0.3) is 0 Å².